The lowest BCUT2D eigenvalue weighted by atomic mass is 10.3. The summed E-state index contributed by atoms with van der Waals surface area (Å²) in [4.78, 5) is 4.88. The Labute approximate surface area is 131 Å². The van der Waals surface area contributed by atoms with Crippen molar-refractivity contribution in [3.8, 4) is 5.69 Å². The first-order valence-electron chi connectivity index (χ1n) is 7.75. The quantitative estimate of drug-likeness (QED) is 0.797. The van der Waals surface area contributed by atoms with Gasteiger partial charge in [0, 0.05) is 46.4 Å². The zero-order chi connectivity index (χ0) is 15.2. The minimum atomic E-state index is 0.811. The van der Waals surface area contributed by atoms with Crippen molar-refractivity contribution in [1.82, 2.24) is 24.8 Å². The summed E-state index contributed by atoms with van der Waals surface area (Å²) in [5.74, 6) is 0. The maximum atomic E-state index is 5.14. The molecule has 0 spiro atoms. The number of hydrogen-bond acceptors (Lipinski definition) is 5. The number of benzene rings is 1. The molecule has 0 N–H and O–H groups in total. The van der Waals surface area contributed by atoms with E-state index in [1.807, 2.05) is 41.2 Å². The number of rotatable bonds is 6. The second kappa shape index (κ2) is 7.49. The van der Waals surface area contributed by atoms with Crippen LogP contribution in [0.5, 0.6) is 0 Å². The standard InChI is InChI=1S/C16H23N5O/c1-22-12-11-19-7-9-20(10-8-19)13-15-14-21(18-17-15)16-5-3-2-4-6-16/h2-6,14H,7-13H2,1H3. The Balaban J connectivity index is 1.51. The number of ether oxygens (including phenoxy) is 1. The Bertz CT molecular complexity index is 563. The van der Waals surface area contributed by atoms with Crippen LogP contribution in [0.25, 0.3) is 5.69 Å². The fourth-order valence-electron chi connectivity index (χ4n) is 2.70. The van der Waals surface area contributed by atoms with Gasteiger partial charge in [-0.25, -0.2) is 4.68 Å². The summed E-state index contributed by atoms with van der Waals surface area (Å²) in [6, 6.07) is 10.1. The minimum Gasteiger partial charge on any atom is -0.383 e. The summed E-state index contributed by atoms with van der Waals surface area (Å²) >= 11 is 0. The van der Waals surface area contributed by atoms with E-state index >= 15 is 0 Å². The molecular weight excluding hydrogens is 278 g/mol. The molecule has 0 radical (unpaired) electrons. The van der Waals surface area contributed by atoms with Crippen molar-refractivity contribution in [3.63, 3.8) is 0 Å². The Morgan fingerprint density at radius 3 is 2.50 bits per heavy atom. The molecule has 6 nitrogen and oxygen atoms in total. The summed E-state index contributed by atoms with van der Waals surface area (Å²) in [5, 5.41) is 8.51. The van der Waals surface area contributed by atoms with Crippen molar-refractivity contribution >= 4 is 0 Å². The molecule has 1 aliphatic heterocycles. The zero-order valence-corrected chi connectivity index (χ0v) is 13.1. The topological polar surface area (TPSA) is 46.4 Å². The van der Waals surface area contributed by atoms with Crippen LogP contribution in [0.3, 0.4) is 0 Å². The minimum absolute atomic E-state index is 0.811. The molecule has 1 aliphatic rings. The van der Waals surface area contributed by atoms with E-state index in [0.717, 1.165) is 57.3 Å². The van der Waals surface area contributed by atoms with E-state index in [4.69, 9.17) is 4.74 Å². The summed E-state index contributed by atoms with van der Waals surface area (Å²) < 4.78 is 6.97. The fourth-order valence-corrected chi connectivity index (χ4v) is 2.70. The third-order valence-electron chi connectivity index (χ3n) is 4.02. The molecule has 1 fully saturated rings. The van der Waals surface area contributed by atoms with Crippen LogP contribution in [0.1, 0.15) is 5.69 Å². The molecule has 0 amide bonds. The molecule has 3 rings (SSSR count). The van der Waals surface area contributed by atoms with E-state index in [9.17, 15) is 0 Å². The lowest BCUT2D eigenvalue weighted by Crippen LogP contribution is -2.46. The molecule has 2 heterocycles. The van der Waals surface area contributed by atoms with Crippen molar-refractivity contribution < 1.29 is 4.74 Å². The molecular formula is C16H23N5O. The van der Waals surface area contributed by atoms with Crippen molar-refractivity contribution in [2.24, 2.45) is 0 Å². The van der Waals surface area contributed by atoms with Crippen LogP contribution in [0.4, 0.5) is 0 Å². The van der Waals surface area contributed by atoms with Gasteiger partial charge in [0.2, 0.25) is 0 Å². The largest absolute Gasteiger partial charge is 0.383 e. The highest BCUT2D eigenvalue weighted by atomic mass is 16.5. The number of aromatic nitrogens is 3. The second-order valence-corrected chi connectivity index (χ2v) is 5.60. The number of para-hydroxylation sites is 1. The second-order valence-electron chi connectivity index (χ2n) is 5.60. The van der Waals surface area contributed by atoms with E-state index in [0.29, 0.717) is 0 Å². The predicted octanol–water partition coefficient (Wildman–Crippen LogP) is 1.03. The maximum Gasteiger partial charge on any atom is 0.0971 e. The van der Waals surface area contributed by atoms with Crippen molar-refractivity contribution in [3.05, 3.63) is 42.2 Å². The van der Waals surface area contributed by atoms with Gasteiger partial charge in [0.15, 0.2) is 0 Å². The molecule has 118 valence electrons. The van der Waals surface area contributed by atoms with Crippen LogP contribution in [0.2, 0.25) is 0 Å². The smallest absolute Gasteiger partial charge is 0.0971 e. The van der Waals surface area contributed by atoms with E-state index in [2.05, 4.69) is 20.1 Å². The molecule has 0 aliphatic carbocycles. The van der Waals surface area contributed by atoms with E-state index < -0.39 is 0 Å². The average Bonchev–Trinajstić information content (AvgIpc) is 3.04. The summed E-state index contributed by atoms with van der Waals surface area (Å²) in [6.07, 6.45) is 2.02. The van der Waals surface area contributed by atoms with E-state index in [1.54, 1.807) is 7.11 Å². The summed E-state index contributed by atoms with van der Waals surface area (Å²) in [6.45, 7) is 7.03. The molecule has 1 aromatic heterocycles. The SMILES string of the molecule is COCCN1CCN(Cc2cn(-c3ccccc3)nn2)CC1. The number of nitrogens with zero attached hydrogens (tertiary/aromatic N) is 5. The Morgan fingerprint density at radius 1 is 1.05 bits per heavy atom. The highest BCUT2D eigenvalue weighted by Crippen LogP contribution is 2.09. The lowest BCUT2D eigenvalue weighted by Gasteiger charge is -2.33. The molecule has 2 aromatic rings. The van der Waals surface area contributed by atoms with E-state index in [-0.39, 0.29) is 0 Å². The van der Waals surface area contributed by atoms with Gasteiger partial charge in [0.1, 0.15) is 0 Å². The third-order valence-corrected chi connectivity index (χ3v) is 4.02. The van der Waals surface area contributed by atoms with Gasteiger partial charge in [-0.05, 0) is 12.1 Å². The molecule has 0 atom stereocenters. The average molecular weight is 301 g/mol. The van der Waals surface area contributed by atoms with Crippen LogP contribution in [-0.2, 0) is 11.3 Å². The Morgan fingerprint density at radius 2 is 1.77 bits per heavy atom. The number of hydrogen-bond donors (Lipinski definition) is 0. The van der Waals surface area contributed by atoms with Crippen molar-refractivity contribution in [1.29, 1.82) is 0 Å². The first-order chi connectivity index (χ1) is 10.8. The van der Waals surface area contributed by atoms with Gasteiger partial charge < -0.3 is 4.74 Å². The Hall–Kier alpha value is -1.76. The Kier molecular flexibility index (Phi) is 5.15. The summed E-state index contributed by atoms with van der Waals surface area (Å²) in [5.41, 5.74) is 2.07. The first kappa shape index (κ1) is 15.1. The van der Waals surface area contributed by atoms with Crippen molar-refractivity contribution in [2.75, 3.05) is 46.4 Å². The number of piperazine rings is 1. The molecule has 6 heteroatoms. The van der Waals surface area contributed by atoms with Crippen molar-refractivity contribution in [2.45, 2.75) is 6.54 Å². The van der Waals surface area contributed by atoms with Gasteiger partial charge >= 0.3 is 0 Å². The highest BCUT2D eigenvalue weighted by Gasteiger charge is 2.17. The highest BCUT2D eigenvalue weighted by molar-refractivity contribution is 5.29. The monoisotopic (exact) mass is 301 g/mol. The van der Waals surface area contributed by atoms with Gasteiger partial charge in [-0.15, -0.1) is 5.10 Å². The normalized spacial score (nSPS) is 17.0. The molecule has 1 aromatic carbocycles. The lowest BCUT2D eigenvalue weighted by molar-refractivity contribution is 0.0932. The van der Waals surface area contributed by atoms with E-state index in [1.165, 1.54) is 0 Å². The third kappa shape index (κ3) is 3.91. The van der Waals surface area contributed by atoms with Crippen LogP contribution >= 0.6 is 0 Å². The first-order valence-corrected chi connectivity index (χ1v) is 7.75. The van der Waals surface area contributed by atoms with Gasteiger partial charge in [0.05, 0.1) is 24.2 Å². The predicted molar refractivity (Wildman–Crippen MR) is 85.0 cm³/mol. The maximum absolute atomic E-state index is 5.14. The van der Waals surface area contributed by atoms with Gasteiger partial charge in [0.25, 0.3) is 0 Å². The molecule has 1 saturated heterocycles. The molecule has 0 bridgehead atoms. The van der Waals surface area contributed by atoms with Crippen LogP contribution in [0.15, 0.2) is 36.5 Å². The van der Waals surface area contributed by atoms with Crippen LogP contribution in [0, 0.1) is 0 Å². The van der Waals surface area contributed by atoms with Gasteiger partial charge in [-0.2, -0.15) is 0 Å². The van der Waals surface area contributed by atoms with Gasteiger partial charge in [-0.3, -0.25) is 9.80 Å². The molecule has 0 saturated carbocycles. The van der Waals surface area contributed by atoms with Crippen LogP contribution in [-0.4, -0.2) is 71.2 Å². The van der Waals surface area contributed by atoms with Crippen LogP contribution < -0.4 is 0 Å². The molecule has 22 heavy (non-hydrogen) atoms. The molecule has 0 unspecified atom stereocenters. The zero-order valence-electron chi connectivity index (χ0n) is 13.1. The number of methoxy groups -OCH3 is 1. The summed E-state index contributed by atoms with van der Waals surface area (Å²) in [7, 11) is 1.76. The van der Waals surface area contributed by atoms with Gasteiger partial charge in [-0.1, -0.05) is 23.4 Å². The fraction of sp³-hybridized carbons (Fsp3) is 0.500.